The van der Waals surface area contributed by atoms with Gasteiger partial charge < -0.3 is 15.7 Å². The van der Waals surface area contributed by atoms with Gasteiger partial charge >= 0.3 is 0 Å². The summed E-state index contributed by atoms with van der Waals surface area (Å²) in [6.07, 6.45) is 1.93. The van der Waals surface area contributed by atoms with Crippen molar-refractivity contribution in [2.45, 2.75) is 12.8 Å². The maximum Gasteiger partial charge on any atom is 0.228 e. The molecule has 1 aliphatic heterocycles. The average Bonchev–Trinajstić information content (AvgIpc) is 2.65. The Bertz CT molecular complexity index is 354. The predicted molar refractivity (Wildman–Crippen MR) is 66.2 cm³/mol. The fraction of sp³-hybridized carbons (Fsp3) is 0.600. The summed E-state index contributed by atoms with van der Waals surface area (Å²) in [5.74, 6) is 1.68. The van der Waals surface area contributed by atoms with Gasteiger partial charge in [0.2, 0.25) is 5.95 Å². The summed E-state index contributed by atoms with van der Waals surface area (Å²) in [6.45, 7) is 2.08. The molecule has 0 aromatic carbocycles. The third-order valence-corrected chi connectivity index (χ3v) is 3.22. The molecule has 2 heterocycles. The van der Waals surface area contributed by atoms with Crippen LogP contribution in [0.3, 0.4) is 0 Å². The Kier molecular flexibility index (Phi) is 3.60. The highest BCUT2D eigenvalue weighted by atomic mass is 79.9. The molecule has 0 radical (unpaired) electrons. The highest BCUT2D eigenvalue weighted by Crippen LogP contribution is 2.24. The number of aliphatic hydroxyl groups excluding tert-OH is 1. The molecule has 5 nitrogen and oxygen atoms in total. The predicted octanol–water partition coefficient (Wildman–Crippen LogP) is 1.03. The first-order chi connectivity index (χ1) is 7.69. The molecular weight excluding hydrogens is 272 g/mol. The monoisotopic (exact) mass is 286 g/mol. The van der Waals surface area contributed by atoms with Crippen molar-refractivity contribution >= 4 is 27.7 Å². The number of halogens is 1. The zero-order valence-electron chi connectivity index (χ0n) is 8.93. The summed E-state index contributed by atoms with van der Waals surface area (Å²) in [6, 6.07) is 1.69. The third-order valence-electron chi connectivity index (χ3n) is 2.81. The zero-order valence-corrected chi connectivity index (χ0v) is 10.5. The summed E-state index contributed by atoms with van der Waals surface area (Å²) in [4.78, 5) is 10.6. The van der Waals surface area contributed by atoms with Gasteiger partial charge in [-0.25, -0.2) is 4.98 Å². The fourth-order valence-corrected chi connectivity index (χ4v) is 2.39. The second-order valence-electron chi connectivity index (χ2n) is 4.03. The van der Waals surface area contributed by atoms with E-state index in [9.17, 15) is 0 Å². The second kappa shape index (κ2) is 4.97. The van der Waals surface area contributed by atoms with E-state index in [4.69, 9.17) is 10.8 Å². The standard InChI is InChI=1S/C10H15BrN4O/c11-8-5-9(12)14-10(13-8)15-3-1-7(6-15)2-4-16/h5,7,16H,1-4,6H2,(H2,12,13,14). The molecule has 0 aliphatic carbocycles. The molecule has 0 saturated carbocycles. The van der Waals surface area contributed by atoms with Crippen molar-refractivity contribution in [1.29, 1.82) is 0 Å². The van der Waals surface area contributed by atoms with Gasteiger partial charge in [0, 0.05) is 25.8 Å². The molecule has 1 aromatic rings. The van der Waals surface area contributed by atoms with Crippen LogP contribution in [0.15, 0.2) is 10.7 Å². The van der Waals surface area contributed by atoms with Crippen LogP contribution >= 0.6 is 15.9 Å². The van der Waals surface area contributed by atoms with Crippen molar-refractivity contribution in [3.63, 3.8) is 0 Å². The minimum atomic E-state index is 0.250. The molecule has 2 rings (SSSR count). The van der Waals surface area contributed by atoms with Crippen molar-refractivity contribution in [1.82, 2.24) is 9.97 Å². The van der Waals surface area contributed by atoms with Gasteiger partial charge in [-0.2, -0.15) is 4.98 Å². The lowest BCUT2D eigenvalue weighted by atomic mass is 10.1. The molecule has 1 unspecified atom stereocenters. The molecule has 1 fully saturated rings. The first-order valence-electron chi connectivity index (χ1n) is 5.35. The molecular formula is C10H15BrN4O. The van der Waals surface area contributed by atoms with Crippen molar-refractivity contribution in [3.8, 4) is 0 Å². The van der Waals surface area contributed by atoms with Gasteiger partial charge in [-0.15, -0.1) is 0 Å². The zero-order chi connectivity index (χ0) is 11.5. The van der Waals surface area contributed by atoms with Gasteiger partial charge in [-0.1, -0.05) is 0 Å². The normalized spacial score (nSPS) is 20.4. The summed E-state index contributed by atoms with van der Waals surface area (Å²) < 4.78 is 0.709. The summed E-state index contributed by atoms with van der Waals surface area (Å²) >= 11 is 3.31. The molecule has 1 aromatic heterocycles. The van der Waals surface area contributed by atoms with Gasteiger partial charge in [0.1, 0.15) is 10.4 Å². The van der Waals surface area contributed by atoms with Gasteiger partial charge in [-0.05, 0) is 34.7 Å². The van der Waals surface area contributed by atoms with E-state index < -0.39 is 0 Å². The topological polar surface area (TPSA) is 75.3 Å². The Balaban J connectivity index is 2.08. The Hall–Kier alpha value is -0.880. The maximum atomic E-state index is 8.89. The minimum Gasteiger partial charge on any atom is -0.396 e. The second-order valence-corrected chi connectivity index (χ2v) is 4.84. The average molecular weight is 287 g/mol. The third kappa shape index (κ3) is 2.62. The van der Waals surface area contributed by atoms with Gasteiger partial charge in [0.15, 0.2) is 0 Å². The van der Waals surface area contributed by atoms with E-state index >= 15 is 0 Å². The number of nitrogens with two attached hydrogens (primary N) is 1. The van der Waals surface area contributed by atoms with Gasteiger partial charge in [0.05, 0.1) is 0 Å². The number of rotatable bonds is 3. The number of aliphatic hydroxyl groups is 1. The number of hydrogen-bond donors (Lipinski definition) is 2. The summed E-state index contributed by atoms with van der Waals surface area (Å²) in [7, 11) is 0. The first-order valence-corrected chi connectivity index (χ1v) is 6.14. The Morgan fingerprint density at radius 3 is 3.06 bits per heavy atom. The van der Waals surface area contributed by atoms with Gasteiger partial charge in [-0.3, -0.25) is 0 Å². The molecule has 6 heteroatoms. The highest BCUT2D eigenvalue weighted by molar-refractivity contribution is 9.10. The molecule has 0 spiro atoms. The Labute approximate surface area is 103 Å². The van der Waals surface area contributed by atoms with E-state index in [0.717, 1.165) is 25.9 Å². The SMILES string of the molecule is Nc1cc(Br)nc(N2CCC(CCO)C2)n1. The van der Waals surface area contributed by atoms with E-state index in [1.807, 2.05) is 0 Å². The molecule has 1 saturated heterocycles. The van der Waals surface area contributed by atoms with E-state index in [2.05, 4.69) is 30.8 Å². The van der Waals surface area contributed by atoms with Crippen LogP contribution in [0.1, 0.15) is 12.8 Å². The number of anilines is 2. The Morgan fingerprint density at radius 1 is 1.56 bits per heavy atom. The van der Waals surface area contributed by atoms with Crippen molar-refractivity contribution in [2.75, 3.05) is 30.3 Å². The van der Waals surface area contributed by atoms with E-state index in [0.29, 0.717) is 22.3 Å². The summed E-state index contributed by atoms with van der Waals surface area (Å²) in [5.41, 5.74) is 5.67. The van der Waals surface area contributed by atoms with Crippen molar-refractivity contribution in [3.05, 3.63) is 10.7 Å². The lowest BCUT2D eigenvalue weighted by Crippen LogP contribution is -2.22. The van der Waals surface area contributed by atoms with Crippen LogP contribution in [0.5, 0.6) is 0 Å². The lowest BCUT2D eigenvalue weighted by molar-refractivity contribution is 0.263. The minimum absolute atomic E-state index is 0.250. The van der Waals surface area contributed by atoms with Crippen molar-refractivity contribution in [2.24, 2.45) is 5.92 Å². The lowest BCUT2D eigenvalue weighted by Gasteiger charge is -2.16. The molecule has 88 valence electrons. The van der Waals surface area contributed by atoms with E-state index in [1.165, 1.54) is 0 Å². The quantitative estimate of drug-likeness (QED) is 0.812. The number of nitrogen functional groups attached to an aromatic ring is 1. The van der Waals surface area contributed by atoms with E-state index in [-0.39, 0.29) is 6.61 Å². The molecule has 1 aliphatic rings. The van der Waals surface area contributed by atoms with Crippen LogP contribution in [0.25, 0.3) is 0 Å². The molecule has 16 heavy (non-hydrogen) atoms. The summed E-state index contributed by atoms with van der Waals surface area (Å²) in [5, 5.41) is 8.89. The van der Waals surface area contributed by atoms with E-state index in [1.54, 1.807) is 6.07 Å². The van der Waals surface area contributed by atoms with Crippen LogP contribution in [-0.4, -0.2) is 34.8 Å². The molecule has 1 atom stereocenters. The highest BCUT2D eigenvalue weighted by Gasteiger charge is 2.24. The van der Waals surface area contributed by atoms with Crippen molar-refractivity contribution < 1.29 is 5.11 Å². The number of nitrogens with zero attached hydrogens (tertiary/aromatic N) is 3. The fourth-order valence-electron chi connectivity index (χ4n) is 2.00. The number of aromatic nitrogens is 2. The number of hydrogen-bond acceptors (Lipinski definition) is 5. The van der Waals surface area contributed by atoms with Gasteiger partial charge in [0.25, 0.3) is 0 Å². The Morgan fingerprint density at radius 2 is 2.38 bits per heavy atom. The largest absolute Gasteiger partial charge is 0.396 e. The maximum absolute atomic E-state index is 8.89. The van der Waals surface area contributed by atoms with Crippen LogP contribution < -0.4 is 10.6 Å². The smallest absolute Gasteiger partial charge is 0.228 e. The van der Waals surface area contributed by atoms with Crippen LogP contribution in [0.2, 0.25) is 0 Å². The molecule has 3 N–H and O–H groups in total. The molecule has 0 amide bonds. The molecule has 0 bridgehead atoms. The van der Waals surface area contributed by atoms with Crippen LogP contribution in [0.4, 0.5) is 11.8 Å². The first kappa shape index (κ1) is 11.6. The van der Waals surface area contributed by atoms with Crippen LogP contribution in [0, 0.1) is 5.92 Å². The van der Waals surface area contributed by atoms with Crippen LogP contribution in [-0.2, 0) is 0 Å².